The first-order valence-electron chi connectivity index (χ1n) is 10.1. The molecule has 0 aliphatic heterocycles. The Morgan fingerprint density at radius 3 is 2.52 bits per heavy atom. The highest BCUT2D eigenvalue weighted by atomic mass is 16.5. The molecule has 0 radical (unpaired) electrons. The number of rotatable bonds is 5. The van der Waals surface area contributed by atoms with Crippen LogP contribution in [0.3, 0.4) is 0 Å². The Hall–Kier alpha value is -3.99. The van der Waals surface area contributed by atoms with Crippen LogP contribution in [0.15, 0.2) is 71.1 Å². The van der Waals surface area contributed by atoms with Gasteiger partial charge >= 0.3 is 5.97 Å². The minimum atomic E-state index is -0.923. The standard InChI is InChI=1S/C26H21NO4/c1-3-15-8-11-23(30-2)20-14-24(31-25(15)20)22-10-9-21(27-22)18-6-4-17-13-19(26(28)29)7-5-16(17)12-18/h4-14,27H,3H2,1-2H3,(H,28,29). The predicted molar refractivity (Wildman–Crippen MR) is 122 cm³/mol. The van der Waals surface area contributed by atoms with E-state index in [1.165, 1.54) is 0 Å². The molecule has 0 atom stereocenters. The van der Waals surface area contributed by atoms with Crippen LogP contribution in [-0.2, 0) is 6.42 Å². The van der Waals surface area contributed by atoms with E-state index in [1.807, 2.05) is 54.6 Å². The molecule has 2 aromatic heterocycles. The largest absolute Gasteiger partial charge is 0.496 e. The summed E-state index contributed by atoms with van der Waals surface area (Å²) in [7, 11) is 1.67. The van der Waals surface area contributed by atoms with Crippen LogP contribution in [-0.4, -0.2) is 23.2 Å². The van der Waals surface area contributed by atoms with Gasteiger partial charge in [-0.05, 0) is 70.8 Å². The van der Waals surface area contributed by atoms with Gasteiger partial charge in [-0.1, -0.05) is 31.2 Å². The molecule has 0 aliphatic carbocycles. The van der Waals surface area contributed by atoms with Gasteiger partial charge in [0.05, 0.1) is 23.8 Å². The molecule has 5 aromatic rings. The van der Waals surface area contributed by atoms with Crippen molar-refractivity contribution in [3.05, 3.63) is 77.9 Å². The number of aromatic nitrogens is 1. The molecule has 2 N–H and O–H groups in total. The van der Waals surface area contributed by atoms with Crippen molar-refractivity contribution in [3.63, 3.8) is 0 Å². The first-order chi connectivity index (χ1) is 15.1. The second-order valence-electron chi connectivity index (χ2n) is 7.50. The van der Waals surface area contributed by atoms with E-state index in [0.29, 0.717) is 0 Å². The van der Waals surface area contributed by atoms with E-state index < -0.39 is 5.97 Å². The number of methoxy groups -OCH3 is 1. The maximum Gasteiger partial charge on any atom is 0.335 e. The fourth-order valence-corrected chi connectivity index (χ4v) is 4.00. The molecule has 3 aromatic carbocycles. The van der Waals surface area contributed by atoms with Crippen molar-refractivity contribution in [2.24, 2.45) is 0 Å². The number of benzene rings is 3. The molecule has 2 heterocycles. The summed E-state index contributed by atoms with van der Waals surface area (Å²) in [6.45, 7) is 2.11. The topological polar surface area (TPSA) is 75.5 Å². The molecule has 31 heavy (non-hydrogen) atoms. The van der Waals surface area contributed by atoms with Crippen molar-refractivity contribution < 1.29 is 19.1 Å². The number of ether oxygens (including phenoxy) is 1. The Balaban J connectivity index is 1.54. The van der Waals surface area contributed by atoms with Crippen molar-refractivity contribution in [2.75, 3.05) is 7.11 Å². The molecule has 0 unspecified atom stereocenters. The van der Waals surface area contributed by atoms with Crippen LogP contribution >= 0.6 is 0 Å². The minimum absolute atomic E-state index is 0.286. The Labute approximate surface area is 178 Å². The van der Waals surface area contributed by atoms with Crippen molar-refractivity contribution >= 4 is 27.7 Å². The summed E-state index contributed by atoms with van der Waals surface area (Å²) >= 11 is 0. The molecule has 0 bridgehead atoms. The molecule has 0 aliphatic rings. The molecular weight excluding hydrogens is 390 g/mol. The second-order valence-corrected chi connectivity index (χ2v) is 7.50. The molecule has 0 saturated heterocycles. The van der Waals surface area contributed by atoms with Gasteiger partial charge in [0, 0.05) is 5.69 Å². The molecule has 0 saturated carbocycles. The third-order valence-corrected chi connectivity index (χ3v) is 5.68. The molecule has 5 heteroatoms. The first kappa shape index (κ1) is 19.0. The monoisotopic (exact) mass is 411 g/mol. The lowest BCUT2D eigenvalue weighted by atomic mass is 10.0. The lowest BCUT2D eigenvalue weighted by molar-refractivity contribution is 0.0697. The van der Waals surface area contributed by atoms with Crippen molar-refractivity contribution in [1.29, 1.82) is 0 Å². The summed E-state index contributed by atoms with van der Waals surface area (Å²) in [5, 5.41) is 12.0. The van der Waals surface area contributed by atoms with Crippen LogP contribution in [0.5, 0.6) is 5.75 Å². The van der Waals surface area contributed by atoms with Gasteiger partial charge < -0.3 is 19.2 Å². The lowest BCUT2D eigenvalue weighted by Gasteiger charge is -2.04. The van der Waals surface area contributed by atoms with E-state index >= 15 is 0 Å². The van der Waals surface area contributed by atoms with Crippen LogP contribution in [0.2, 0.25) is 0 Å². The fourth-order valence-electron chi connectivity index (χ4n) is 4.00. The number of hydrogen-bond donors (Lipinski definition) is 2. The van der Waals surface area contributed by atoms with Gasteiger partial charge in [0.25, 0.3) is 0 Å². The summed E-state index contributed by atoms with van der Waals surface area (Å²) in [5.74, 6) is 0.630. The zero-order chi connectivity index (χ0) is 21.5. The number of aryl methyl sites for hydroxylation is 1. The van der Waals surface area contributed by atoms with Crippen molar-refractivity contribution in [2.45, 2.75) is 13.3 Å². The van der Waals surface area contributed by atoms with Crippen molar-refractivity contribution in [3.8, 4) is 28.5 Å². The third-order valence-electron chi connectivity index (χ3n) is 5.68. The van der Waals surface area contributed by atoms with E-state index in [9.17, 15) is 9.90 Å². The van der Waals surface area contributed by atoms with E-state index in [2.05, 4.69) is 11.9 Å². The number of furan rings is 1. The molecule has 0 fully saturated rings. The highest BCUT2D eigenvalue weighted by molar-refractivity contribution is 5.96. The summed E-state index contributed by atoms with van der Waals surface area (Å²) in [6.07, 6.45) is 0.879. The summed E-state index contributed by atoms with van der Waals surface area (Å²) in [4.78, 5) is 14.6. The Kier molecular flexibility index (Phi) is 4.51. The fraction of sp³-hybridized carbons (Fsp3) is 0.115. The highest BCUT2D eigenvalue weighted by Gasteiger charge is 2.15. The SMILES string of the molecule is CCc1ccc(OC)c2cc(-c3ccc(-c4ccc5cc(C(=O)O)ccc5c4)[nH]3)oc12. The molecule has 5 rings (SSSR count). The average molecular weight is 411 g/mol. The number of nitrogens with one attached hydrogen (secondary N) is 1. The zero-order valence-corrected chi connectivity index (χ0v) is 17.2. The third kappa shape index (κ3) is 3.24. The minimum Gasteiger partial charge on any atom is -0.496 e. The van der Waals surface area contributed by atoms with Gasteiger partial charge in [-0.3, -0.25) is 0 Å². The number of H-pyrrole nitrogens is 1. The first-order valence-corrected chi connectivity index (χ1v) is 10.1. The molecule has 5 nitrogen and oxygen atoms in total. The lowest BCUT2D eigenvalue weighted by Crippen LogP contribution is -1.95. The van der Waals surface area contributed by atoms with Crippen molar-refractivity contribution in [1.82, 2.24) is 4.98 Å². The molecular formula is C26H21NO4. The van der Waals surface area contributed by atoms with Gasteiger partial charge in [-0.2, -0.15) is 0 Å². The van der Waals surface area contributed by atoms with Crippen LogP contribution in [0.25, 0.3) is 44.5 Å². The van der Waals surface area contributed by atoms with Crippen LogP contribution < -0.4 is 4.74 Å². The quantitative estimate of drug-likeness (QED) is 0.345. The van der Waals surface area contributed by atoms with E-state index in [1.54, 1.807) is 19.2 Å². The molecule has 0 amide bonds. The normalized spacial score (nSPS) is 11.3. The molecule has 0 spiro atoms. The number of aromatic amines is 1. The number of carbonyl (C=O) groups is 1. The van der Waals surface area contributed by atoms with E-state index in [-0.39, 0.29) is 5.56 Å². The molecule has 154 valence electrons. The average Bonchev–Trinajstić information content (AvgIpc) is 3.45. The summed E-state index contributed by atoms with van der Waals surface area (Å²) in [5.41, 5.74) is 5.15. The maximum atomic E-state index is 11.2. The van der Waals surface area contributed by atoms with E-state index in [4.69, 9.17) is 9.15 Å². The number of carboxylic acid groups (broad SMARTS) is 1. The zero-order valence-electron chi connectivity index (χ0n) is 17.2. The predicted octanol–water partition coefficient (Wildman–Crippen LogP) is 6.52. The van der Waals surface area contributed by atoms with Gasteiger partial charge in [-0.25, -0.2) is 4.79 Å². The number of fused-ring (bicyclic) bond motifs is 2. The van der Waals surface area contributed by atoms with Crippen LogP contribution in [0, 0.1) is 0 Å². The summed E-state index contributed by atoms with van der Waals surface area (Å²) < 4.78 is 11.7. The van der Waals surface area contributed by atoms with Gasteiger partial charge in [0.15, 0.2) is 5.76 Å². The number of hydrogen-bond acceptors (Lipinski definition) is 3. The Morgan fingerprint density at radius 1 is 0.968 bits per heavy atom. The van der Waals surface area contributed by atoms with Crippen LogP contribution in [0.4, 0.5) is 0 Å². The summed E-state index contributed by atoms with van der Waals surface area (Å²) in [6, 6.07) is 21.2. The maximum absolute atomic E-state index is 11.2. The number of aromatic carboxylic acids is 1. The van der Waals surface area contributed by atoms with E-state index in [0.717, 1.165) is 62.2 Å². The Morgan fingerprint density at radius 2 is 1.74 bits per heavy atom. The van der Waals surface area contributed by atoms with Gasteiger partial charge in [0.2, 0.25) is 0 Å². The van der Waals surface area contributed by atoms with Gasteiger partial charge in [-0.15, -0.1) is 0 Å². The Bertz CT molecular complexity index is 1400. The number of carboxylic acids is 1. The highest BCUT2D eigenvalue weighted by Crippen LogP contribution is 2.36. The van der Waals surface area contributed by atoms with Crippen LogP contribution in [0.1, 0.15) is 22.8 Å². The van der Waals surface area contributed by atoms with Gasteiger partial charge in [0.1, 0.15) is 11.3 Å². The second kappa shape index (κ2) is 7.36. The smallest absolute Gasteiger partial charge is 0.335 e.